The first kappa shape index (κ1) is 12.9. The Balaban J connectivity index is 2.16. The molecule has 0 aliphatic rings. The SMILES string of the molecule is CC(C)Oc1ccccc1NC(=O)c1nc(N)n[nH]1. The number of rotatable bonds is 4. The van der Waals surface area contributed by atoms with E-state index in [0.717, 1.165) is 0 Å². The van der Waals surface area contributed by atoms with Crippen LogP contribution in [0.3, 0.4) is 0 Å². The number of nitrogens with zero attached hydrogens (tertiary/aromatic N) is 2. The lowest BCUT2D eigenvalue weighted by molar-refractivity contribution is 0.101. The third kappa shape index (κ3) is 3.21. The lowest BCUT2D eigenvalue weighted by Gasteiger charge is -2.14. The highest BCUT2D eigenvalue weighted by Crippen LogP contribution is 2.25. The first-order valence-electron chi connectivity index (χ1n) is 5.81. The van der Waals surface area contributed by atoms with E-state index in [1.54, 1.807) is 18.2 Å². The van der Waals surface area contributed by atoms with Crippen molar-refractivity contribution in [2.75, 3.05) is 11.1 Å². The molecule has 1 heterocycles. The van der Waals surface area contributed by atoms with Gasteiger partial charge in [-0.2, -0.15) is 4.98 Å². The molecule has 0 spiro atoms. The van der Waals surface area contributed by atoms with Crippen LogP contribution in [0.25, 0.3) is 0 Å². The van der Waals surface area contributed by atoms with Gasteiger partial charge in [-0.3, -0.25) is 9.89 Å². The highest BCUT2D eigenvalue weighted by Gasteiger charge is 2.13. The minimum atomic E-state index is -0.427. The van der Waals surface area contributed by atoms with E-state index in [9.17, 15) is 4.79 Å². The van der Waals surface area contributed by atoms with E-state index in [-0.39, 0.29) is 17.9 Å². The van der Waals surface area contributed by atoms with E-state index in [0.29, 0.717) is 11.4 Å². The van der Waals surface area contributed by atoms with Gasteiger partial charge in [0.05, 0.1) is 11.8 Å². The van der Waals surface area contributed by atoms with Crippen molar-refractivity contribution in [1.82, 2.24) is 15.2 Å². The molecule has 0 aliphatic heterocycles. The molecule has 0 radical (unpaired) electrons. The van der Waals surface area contributed by atoms with Crippen molar-refractivity contribution in [2.45, 2.75) is 20.0 Å². The second-order valence-electron chi connectivity index (χ2n) is 4.16. The Bertz CT molecular complexity index is 579. The van der Waals surface area contributed by atoms with Crippen molar-refractivity contribution >= 4 is 17.5 Å². The molecule has 0 saturated carbocycles. The van der Waals surface area contributed by atoms with E-state index >= 15 is 0 Å². The van der Waals surface area contributed by atoms with E-state index in [1.807, 2.05) is 19.9 Å². The van der Waals surface area contributed by atoms with Gasteiger partial charge in [-0.25, -0.2) is 0 Å². The zero-order chi connectivity index (χ0) is 13.8. The van der Waals surface area contributed by atoms with Crippen LogP contribution in [0.1, 0.15) is 24.5 Å². The third-order valence-electron chi connectivity index (χ3n) is 2.22. The predicted molar refractivity (Wildman–Crippen MR) is 71.0 cm³/mol. The van der Waals surface area contributed by atoms with Crippen LogP contribution in [0, 0.1) is 0 Å². The summed E-state index contributed by atoms with van der Waals surface area (Å²) < 4.78 is 5.60. The number of anilines is 2. The minimum Gasteiger partial charge on any atom is -0.489 e. The number of nitrogens with one attached hydrogen (secondary N) is 2. The van der Waals surface area contributed by atoms with Crippen LogP contribution in [0.5, 0.6) is 5.75 Å². The topological polar surface area (TPSA) is 106 Å². The molecule has 0 aliphatic carbocycles. The molecule has 0 saturated heterocycles. The van der Waals surface area contributed by atoms with Crippen LogP contribution < -0.4 is 15.8 Å². The molecule has 100 valence electrons. The molecule has 7 nitrogen and oxygen atoms in total. The van der Waals surface area contributed by atoms with Crippen LogP contribution >= 0.6 is 0 Å². The standard InChI is InChI=1S/C12H15N5O2/c1-7(2)19-9-6-4-3-5-8(9)14-11(18)10-15-12(13)17-16-10/h3-7H,1-2H3,(H,14,18)(H3,13,15,16,17). The van der Waals surface area contributed by atoms with Crippen LogP contribution in [-0.2, 0) is 0 Å². The average molecular weight is 261 g/mol. The van der Waals surface area contributed by atoms with Crippen LogP contribution in [0.4, 0.5) is 11.6 Å². The second kappa shape index (κ2) is 5.38. The third-order valence-corrected chi connectivity index (χ3v) is 2.22. The maximum Gasteiger partial charge on any atom is 0.293 e. The molecule has 1 aromatic heterocycles. The molecule has 4 N–H and O–H groups in total. The minimum absolute atomic E-state index is 0.0129. The van der Waals surface area contributed by atoms with Gasteiger partial charge in [0.25, 0.3) is 5.91 Å². The number of ether oxygens (including phenoxy) is 1. The molecular weight excluding hydrogens is 246 g/mol. The van der Waals surface area contributed by atoms with Crippen molar-refractivity contribution in [3.05, 3.63) is 30.1 Å². The van der Waals surface area contributed by atoms with Gasteiger partial charge in [0.1, 0.15) is 5.75 Å². The summed E-state index contributed by atoms with van der Waals surface area (Å²) in [6.45, 7) is 3.82. The van der Waals surface area contributed by atoms with Crippen LogP contribution in [0.2, 0.25) is 0 Å². The summed E-state index contributed by atoms with van der Waals surface area (Å²) in [5.74, 6) is 0.246. The number of aromatic amines is 1. The van der Waals surface area contributed by atoms with Gasteiger partial charge in [-0.1, -0.05) is 12.1 Å². The number of carbonyl (C=O) groups excluding carboxylic acids is 1. The number of benzene rings is 1. The summed E-state index contributed by atoms with van der Waals surface area (Å²) in [4.78, 5) is 15.7. The fourth-order valence-electron chi connectivity index (χ4n) is 1.48. The Labute approximate surface area is 110 Å². The molecule has 7 heteroatoms. The maximum absolute atomic E-state index is 11.9. The summed E-state index contributed by atoms with van der Waals surface area (Å²) in [6.07, 6.45) is 0.0129. The van der Waals surface area contributed by atoms with Gasteiger partial charge in [-0.15, -0.1) is 5.10 Å². The van der Waals surface area contributed by atoms with Crippen molar-refractivity contribution in [1.29, 1.82) is 0 Å². The van der Waals surface area contributed by atoms with E-state index in [2.05, 4.69) is 20.5 Å². The Kier molecular flexibility index (Phi) is 3.65. The Hall–Kier alpha value is -2.57. The molecule has 0 fully saturated rings. The number of H-pyrrole nitrogens is 1. The van der Waals surface area contributed by atoms with Gasteiger partial charge in [0, 0.05) is 0 Å². The highest BCUT2D eigenvalue weighted by molar-refractivity contribution is 6.02. The average Bonchev–Trinajstić information content (AvgIpc) is 2.78. The Morgan fingerprint density at radius 1 is 1.42 bits per heavy atom. The van der Waals surface area contributed by atoms with E-state index in [4.69, 9.17) is 10.5 Å². The predicted octanol–water partition coefficient (Wildman–Crippen LogP) is 1.43. The lowest BCUT2D eigenvalue weighted by Crippen LogP contribution is -2.15. The second-order valence-corrected chi connectivity index (χ2v) is 4.16. The molecule has 0 atom stereocenters. The summed E-state index contributed by atoms with van der Waals surface area (Å²) in [5.41, 5.74) is 5.91. The van der Waals surface area contributed by atoms with Crippen molar-refractivity contribution < 1.29 is 9.53 Å². The van der Waals surface area contributed by atoms with Crippen molar-refractivity contribution in [3.63, 3.8) is 0 Å². The van der Waals surface area contributed by atoms with Gasteiger partial charge in [-0.05, 0) is 26.0 Å². The highest BCUT2D eigenvalue weighted by atomic mass is 16.5. The quantitative estimate of drug-likeness (QED) is 0.771. The van der Waals surface area contributed by atoms with Crippen molar-refractivity contribution in [3.8, 4) is 5.75 Å². The number of amides is 1. The molecule has 19 heavy (non-hydrogen) atoms. The van der Waals surface area contributed by atoms with Gasteiger partial charge in [0.15, 0.2) is 0 Å². The molecule has 0 unspecified atom stereocenters. The summed E-state index contributed by atoms with van der Waals surface area (Å²) in [7, 11) is 0. The number of hydrogen-bond donors (Lipinski definition) is 3. The Morgan fingerprint density at radius 3 is 2.79 bits per heavy atom. The number of para-hydroxylation sites is 2. The molecular formula is C12H15N5O2. The maximum atomic E-state index is 11.9. The van der Waals surface area contributed by atoms with Gasteiger partial charge >= 0.3 is 0 Å². The Morgan fingerprint density at radius 2 is 2.16 bits per heavy atom. The fourth-order valence-corrected chi connectivity index (χ4v) is 1.48. The zero-order valence-corrected chi connectivity index (χ0v) is 10.7. The molecule has 1 aromatic carbocycles. The number of nitrogen functional groups attached to an aromatic ring is 1. The normalized spacial score (nSPS) is 10.5. The van der Waals surface area contributed by atoms with Crippen LogP contribution in [0.15, 0.2) is 24.3 Å². The van der Waals surface area contributed by atoms with Gasteiger partial charge in [0.2, 0.25) is 11.8 Å². The van der Waals surface area contributed by atoms with E-state index in [1.165, 1.54) is 0 Å². The molecule has 0 bridgehead atoms. The first-order valence-corrected chi connectivity index (χ1v) is 5.81. The first-order chi connectivity index (χ1) is 9.06. The van der Waals surface area contributed by atoms with Gasteiger partial charge < -0.3 is 15.8 Å². The van der Waals surface area contributed by atoms with Crippen LogP contribution in [-0.4, -0.2) is 27.2 Å². The largest absolute Gasteiger partial charge is 0.489 e. The van der Waals surface area contributed by atoms with Crippen molar-refractivity contribution in [2.24, 2.45) is 0 Å². The summed E-state index contributed by atoms with van der Waals surface area (Å²) in [6, 6.07) is 7.16. The molecule has 2 rings (SSSR count). The zero-order valence-electron chi connectivity index (χ0n) is 10.7. The monoisotopic (exact) mass is 261 g/mol. The summed E-state index contributed by atoms with van der Waals surface area (Å²) >= 11 is 0. The number of hydrogen-bond acceptors (Lipinski definition) is 5. The fraction of sp³-hybridized carbons (Fsp3) is 0.250. The number of aromatic nitrogens is 3. The number of nitrogens with two attached hydrogens (primary N) is 1. The van der Waals surface area contributed by atoms with E-state index < -0.39 is 5.91 Å². The molecule has 1 amide bonds. The smallest absolute Gasteiger partial charge is 0.293 e. The lowest BCUT2D eigenvalue weighted by atomic mass is 10.3. The number of carbonyl (C=O) groups is 1. The summed E-state index contributed by atoms with van der Waals surface area (Å²) in [5, 5.41) is 8.74. The molecule has 2 aromatic rings.